The maximum Gasteiger partial charge on any atom is 0.135 e. The average Bonchev–Trinajstić information content (AvgIpc) is 4.16. The number of hydrogen-bond donors (Lipinski definition) is 0. The molecule has 0 fully saturated rings. The van der Waals surface area contributed by atoms with Gasteiger partial charge in [-0.2, -0.15) is 0 Å². The summed E-state index contributed by atoms with van der Waals surface area (Å²) in [5.74, 6) is 0. The second-order valence-corrected chi connectivity index (χ2v) is 17.3. The van der Waals surface area contributed by atoms with Crippen LogP contribution in [0.4, 0.5) is 0 Å². The number of fused-ring (bicyclic) bond motifs is 16. The molecule has 65 heavy (non-hydrogen) atoms. The molecule has 5 heterocycles. The van der Waals surface area contributed by atoms with Crippen molar-refractivity contribution in [2.45, 2.75) is 0 Å². The molecular weight excluding hydrogens is 793 g/mol. The summed E-state index contributed by atoms with van der Waals surface area (Å²) in [6, 6.07) is 79.7. The minimum absolute atomic E-state index is 0.885. The molecule has 10 aromatic carbocycles. The molecule has 0 saturated carbocycles. The molecule has 0 saturated heterocycles. The van der Waals surface area contributed by atoms with Gasteiger partial charge in [0.1, 0.15) is 11.2 Å². The number of nitrogens with zero attached hydrogens (tertiary/aromatic N) is 4. The average molecular weight is 829 g/mol. The van der Waals surface area contributed by atoms with Crippen molar-refractivity contribution >= 4 is 109 Å². The molecule has 5 aromatic heterocycles. The van der Waals surface area contributed by atoms with Crippen LogP contribution in [0.15, 0.2) is 223 Å². The van der Waals surface area contributed by atoms with Crippen molar-refractivity contribution in [2.24, 2.45) is 0 Å². The summed E-state index contributed by atoms with van der Waals surface area (Å²) in [6.45, 7) is 0. The largest absolute Gasteiger partial charge is 0.456 e. The minimum atomic E-state index is 0.885. The van der Waals surface area contributed by atoms with Crippen molar-refractivity contribution in [3.8, 4) is 22.7 Å². The second-order valence-electron chi connectivity index (χ2n) is 17.3. The highest BCUT2D eigenvalue weighted by atomic mass is 16.3. The van der Waals surface area contributed by atoms with Crippen LogP contribution >= 0.6 is 0 Å². The lowest BCUT2D eigenvalue weighted by Gasteiger charge is -2.11. The highest BCUT2D eigenvalue weighted by molar-refractivity contribution is 6.29. The molecule has 0 spiro atoms. The van der Waals surface area contributed by atoms with Crippen molar-refractivity contribution in [3.05, 3.63) is 218 Å². The Balaban J connectivity index is 1.11. The van der Waals surface area contributed by atoms with Crippen LogP contribution in [-0.4, -0.2) is 18.3 Å². The van der Waals surface area contributed by atoms with Gasteiger partial charge in [0.2, 0.25) is 0 Å². The Labute approximate surface area is 371 Å². The van der Waals surface area contributed by atoms with Crippen molar-refractivity contribution < 1.29 is 4.42 Å². The summed E-state index contributed by atoms with van der Waals surface area (Å²) in [7, 11) is 0. The van der Waals surface area contributed by atoms with Gasteiger partial charge in [-0.05, 0) is 109 Å². The Morgan fingerprint density at radius 1 is 0.215 bits per heavy atom. The summed E-state index contributed by atoms with van der Waals surface area (Å²) in [5.41, 5.74) is 15.6. The van der Waals surface area contributed by atoms with E-state index in [2.05, 4.69) is 231 Å². The summed E-state index contributed by atoms with van der Waals surface area (Å²) in [5, 5.41) is 12.0. The number of benzene rings is 10. The van der Waals surface area contributed by atoms with E-state index >= 15 is 0 Å². The molecule has 5 nitrogen and oxygen atoms in total. The Kier molecular flexibility index (Phi) is 6.89. The molecule has 15 rings (SSSR count). The molecule has 0 N–H and O–H groups in total. The topological polar surface area (TPSA) is 32.9 Å². The maximum absolute atomic E-state index is 6.36. The van der Waals surface area contributed by atoms with Crippen LogP contribution in [-0.2, 0) is 0 Å². The van der Waals surface area contributed by atoms with Crippen LogP contribution in [0.1, 0.15) is 0 Å². The van der Waals surface area contributed by atoms with Crippen LogP contribution in [0.5, 0.6) is 0 Å². The molecular formula is C60H36N4O. The number of furan rings is 1. The number of aromatic nitrogens is 4. The number of para-hydroxylation sites is 6. The third kappa shape index (κ3) is 4.71. The van der Waals surface area contributed by atoms with Crippen molar-refractivity contribution in [2.75, 3.05) is 0 Å². The van der Waals surface area contributed by atoms with Gasteiger partial charge < -0.3 is 22.7 Å². The third-order valence-corrected chi connectivity index (χ3v) is 13.9. The summed E-state index contributed by atoms with van der Waals surface area (Å²) in [4.78, 5) is 0. The lowest BCUT2D eigenvalue weighted by molar-refractivity contribution is 0.669. The Morgan fingerprint density at radius 3 is 1.06 bits per heavy atom. The zero-order chi connectivity index (χ0) is 42.3. The fraction of sp³-hybridized carbons (Fsp3) is 0. The first kappa shape index (κ1) is 34.7. The highest BCUT2D eigenvalue weighted by Gasteiger charge is 2.24. The smallest absolute Gasteiger partial charge is 0.135 e. The van der Waals surface area contributed by atoms with E-state index in [9.17, 15) is 0 Å². The lowest BCUT2D eigenvalue weighted by atomic mass is 10.0. The van der Waals surface area contributed by atoms with Gasteiger partial charge in [0.05, 0.1) is 44.1 Å². The van der Waals surface area contributed by atoms with Crippen LogP contribution in [0.2, 0.25) is 0 Å². The van der Waals surface area contributed by atoms with Gasteiger partial charge in [0, 0.05) is 76.6 Å². The van der Waals surface area contributed by atoms with Crippen molar-refractivity contribution in [3.63, 3.8) is 0 Å². The molecule has 15 aromatic rings. The Bertz CT molecular complexity index is 4370. The van der Waals surface area contributed by atoms with E-state index in [0.29, 0.717) is 0 Å². The number of hydrogen-bond acceptors (Lipinski definition) is 1. The van der Waals surface area contributed by atoms with Crippen LogP contribution in [0.25, 0.3) is 132 Å². The predicted octanol–water partition coefficient (Wildman–Crippen LogP) is 16.0. The van der Waals surface area contributed by atoms with Gasteiger partial charge in [-0.15, -0.1) is 0 Å². The third-order valence-electron chi connectivity index (χ3n) is 13.9. The van der Waals surface area contributed by atoms with Gasteiger partial charge in [-0.1, -0.05) is 109 Å². The van der Waals surface area contributed by atoms with Gasteiger partial charge in [0.25, 0.3) is 0 Å². The molecule has 0 amide bonds. The summed E-state index contributed by atoms with van der Waals surface area (Å²) in [6.07, 6.45) is 0. The fourth-order valence-electron chi connectivity index (χ4n) is 11.3. The van der Waals surface area contributed by atoms with Crippen LogP contribution < -0.4 is 0 Å². The molecule has 0 radical (unpaired) electrons. The van der Waals surface area contributed by atoms with E-state index in [1.165, 1.54) is 65.2 Å². The van der Waals surface area contributed by atoms with E-state index in [4.69, 9.17) is 4.42 Å². The first-order valence-corrected chi connectivity index (χ1v) is 22.3. The van der Waals surface area contributed by atoms with Crippen molar-refractivity contribution in [1.82, 2.24) is 18.3 Å². The van der Waals surface area contributed by atoms with Crippen LogP contribution in [0, 0.1) is 0 Å². The lowest BCUT2D eigenvalue weighted by Crippen LogP contribution is -1.96. The zero-order valence-corrected chi connectivity index (χ0v) is 35.0. The minimum Gasteiger partial charge on any atom is -0.456 e. The molecule has 5 heteroatoms. The molecule has 0 bridgehead atoms. The SMILES string of the molecule is c1ccc(-n2c3ccc(-n4c5ccccc5c5ccccc54)cc3c3c4c5cc(-n6c7ccccc7c7ccccc76)ccc5n(-c5ccc6oc7ccccc7c6c5)c4ccc32)cc1. The predicted molar refractivity (Wildman–Crippen MR) is 271 cm³/mol. The highest BCUT2D eigenvalue weighted by Crippen LogP contribution is 2.45. The first-order valence-electron chi connectivity index (χ1n) is 22.3. The second kappa shape index (κ2) is 12.9. The van der Waals surface area contributed by atoms with E-state index in [1.807, 2.05) is 6.07 Å². The molecule has 0 aliphatic rings. The molecule has 0 atom stereocenters. The molecule has 0 aliphatic carbocycles. The van der Waals surface area contributed by atoms with Gasteiger partial charge in [0.15, 0.2) is 0 Å². The van der Waals surface area contributed by atoms with E-state index in [-0.39, 0.29) is 0 Å². The normalized spacial score (nSPS) is 12.3. The van der Waals surface area contributed by atoms with Crippen LogP contribution in [0.3, 0.4) is 0 Å². The van der Waals surface area contributed by atoms with E-state index < -0.39 is 0 Å². The number of rotatable bonds is 4. The first-order chi connectivity index (χ1) is 32.3. The van der Waals surface area contributed by atoms with Gasteiger partial charge >= 0.3 is 0 Å². The van der Waals surface area contributed by atoms with Gasteiger partial charge in [-0.25, -0.2) is 0 Å². The zero-order valence-electron chi connectivity index (χ0n) is 35.0. The Hall–Kier alpha value is -8.80. The summed E-state index contributed by atoms with van der Waals surface area (Å²) >= 11 is 0. The molecule has 302 valence electrons. The van der Waals surface area contributed by atoms with E-state index in [1.54, 1.807) is 0 Å². The summed E-state index contributed by atoms with van der Waals surface area (Å²) < 4.78 is 16.1. The van der Waals surface area contributed by atoms with E-state index in [0.717, 1.165) is 66.8 Å². The fourth-order valence-corrected chi connectivity index (χ4v) is 11.3. The van der Waals surface area contributed by atoms with Crippen molar-refractivity contribution in [1.29, 1.82) is 0 Å². The molecule has 0 aliphatic heterocycles. The van der Waals surface area contributed by atoms with Gasteiger partial charge in [-0.3, -0.25) is 0 Å². The standard InChI is InChI=1S/C60H36N4O/c1-2-14-37(15-3-1)61-53-29-26-38(62-49-21-9-4-16-41(49)42-17-5-10-22-50(42)62)35-47(53)59-55(61)31-32-56-60(59)48-36-39(63-51-23-11-6-18-43(51)44-19-7-12-24-52(44)63)27-30-54(48)64(56)40-28-33-58-46(34-40)45-20-8-13-25-57(45)65-58/h1-36H. The Morgan fingerprint density at radius 2 is 0.554 bits per heavy atom. The maximum atomic E-state index is 6.36. The molecule has 0 unspecified atom stereocenters. The monoisotopic (exact) mass is 828 g/mol. The quantitative estimate of drug-likeness (QED) is 0.174.